The van der Waals surface area contributed by atoms with Crippen molar-refractivity contribution in [1.29, 1.82) is 0 Å². The lowest BCUT2D eigenvalue weighted by molar-refractivity contribution is 0.0560. The molecule has 0 saturated heterocycles. The number of aromatic nitrogens is 10. The van der Waals surface area contributed by atoms with Crippen molar-refractivity contribution in [3.05, 3.63) is 102 Å². The van der Waals surface area contributed by atoms with Crippen LogP contribution in [0.5, 0.6) is 0 Å². The van der Waals surface area contributed by atoms with E-state index in [0.29, 0.717) is 37.6 Å². The van der Waals surface area contributed by atoms with Gasteiger partial charge >= 0.3 is 13.1 Å². The third-order valence-corrected chi connectivity index (χ3v) is 6.79. The first kappa shape index (κ1) is 27.3. The van der Waals surface area contributed by atoms with Crippen LogP contribution in [0.4, 0.5) is 22.0 Å². The summed E-state index contributed by atoms with van der Waals surface area (Å²) < 4.78 is 72.4. The van der Waals surface area contributed by atoms with Crippen molar-refractivity contribution in [1.82, 2.24) is 49.3 Å². The summed E-state index contributed by atoms with van der Waals surface area (Å²) in [5.41, 5.74) is 2.13. The zero-order valence-electron chi connectivity index (χ0n) is 21.2. The topological polar surface area (TPSA) is 97.1 Å². The van der Waals surface area contributed by atoms with Crippen LogP contribution in [0.25, 0.3) is 28.1 Å². The molecule has 0 amide bonds. The molecule has 5 heterocycles. The Labute approximate surface area is 238 Å². The molecule has 0 aliphatic carbocycles. The molecule has 214 valence electrons. The number of nitrogens with zero attached hydrogens (tertiary/aromatic N) is 10. The molecule has 0 bridgehead atoms. The molecule has 5 aromatic heterocycles. The van der Waals surface area contributed by atoms with Crippen LogP contribution in [-0.2, 0) is 6.42 Å². The number of pyridine rings is 1. The number of alkyl halides is 4. The Morgan fingerprint density at radius 2 is 1.69 bits per heavy atom. The van der Waals surface area contributed by atoms with E-state index in [1.807, 2.05) is 0 Å². The summed E-state index contributed by atoms with van der Waals surface area (Å²) in [5, 5.41) is 19.5. The van der Waals surface area contributed by atoms with E-state index in [-0.39, 0.29) is 22.7 Å². The minimum absolute atomic E-state index is 0.0804. The number of halogens is 6. The van der Waals surface area contributed by atoms with Gasteiger partial charge in [0.15, 0.2) is 5.82 Å². The number of hydrogen-bond donors (Lipinski definition) is 0. The van der Waals surface area contributed by atoms with E-state index in [2.05, 4.69) is 30.6 Å². The Balaban J connectivity index is 1.40. The van der Waals surface area contributed by atoms with Crippen LogP contribution >= 0.6 is 11.6 Å². The molecule has 0 radical (unpaired) electrons. The molecule has 0 aliphatic rings. The largest absolute Gasteiger partial charge is 0.333 e. The minimum atomic E-state index is -2.86. The summed E-state index contributed by atoms with van der Waals surface area (Å²) in [4.78, 5) is 4.54. The van der Waals surface area contributed by atoms with E-state index >= 15 is 4.39 Å². The highest BCUT2D eigenvalue weighted by Crippen LogP contribution is 2.34. The monoisotopic (exact) mass is 600 g/mol. The van der Waals surface area contributed by atoms with E-state index in [1.54, 1.807) is 24.4 Å². The SMILES string of the molecule is Fc1c(Cl)ccc(-n2ccnn2)c1-c1ccc([C@@H](Cc2ccn(C(F)F)n2)n2cc(-c3ccnn3C(F)F)cn2)nc1. The maximum absolute atomic E-state index is 15.3. The third-order valence-electron chi connectivity index (χ3n) is 6.50. The van der Waals surface area contributed by atoms with Crippen molar-refractivity contribution in [2.75, 3.05) is 0 Å². The van der Waals surface area contributed by atoms with E-state index in [9.17, 15) is 17.6 Å². The Morgan fingerprint density at radius 3 is 2.38 bits per heavy atom. The molecule has 0 N–H and O–H groups in total. The van der Waals surface area contributed by atoms with Gasteiger partial charge in [-0.2, -0.15) is 32.9 Å². The van der Waals surface area contributed by atoms with Crippen molar-refractivity contribution in [3.63, 3.8) is 0 Å². The quantitative estimate of drug-likeness (QED) is 0.189. The molecule has 10 nitrogen and oxygen atoms in total. The number of benzene rings is 1. The van der Waals surface area contributed by atoms with Crippen molar-refractivity contribution in [2.45, 2.75) is 25.6 Å². The zero-order chi connectivity index (χ0) is 29.4. The lowest BCUT2D eigenvalue weighted by Gasteiger charge is -2.17. The van der Waals surface area contributed by atoms with Crippen LogP contribution in [0.3, 0.4) is 0 Å². The second kappa shape index (κ2) is 11.2. The first-order valence-electron chi connectivity index (χ1n) is 12.3. The molecule has 6 aromatic rings. The van der Waals surface area contributed by atoms with Crippen LogP contribution in [0.15, 0.2) is 79.8 Å². The molecule has 6 rings (SSSR count). The average molecular weight is 601 g/mol. The summed E-state index contributed by atoms with van der Waals surface area (Å²) in [7, 11) is 0. The first-order chi connectivity index (χ1) is 20.3. The Kier molecular flexibility index (Phi) is 7.24. The molecule has 0 saturated carbocycles. The van der Waals surface area contributed by atoms with Crippen molar-refractivity contribution < 1.29 is 22.0 Å². The zero-order valence-corrected chi connectivity index (χ0v) is 21.9. The van der Waals surface area contributed by atoms with Gasteiger partial charge in [0.05, 0.1) is 52.4 Å². The van der Waals surface area contributed by atoms with Crippen molar-refractivity contribution in [3.8, 4) is 28.1 Å². The van der Waals surface area contributed by atoms with Crippen LogP contribution in [0, 0.1) is 5.82 Å². The number of rotatable bonds is 9. The maximum Gasteiger partial charge on any atom is 0.333 e. The van der Waals surface area contributed by atoms with E-state index in [4.69, 9.17) is 11.6 Å². The van der Waals surface area contributed by atoms with Gasteiger partial charge in [-0.3, -0.25) is 9.67 Å². The van der Waals surface area contributed by atoms with Gasteiger partial charge in [0.25, 0.3) is 0 Å². The summed E-state index contributed by atoms with van der Waals surface area (Å²) in [6, 6.07) is 8.42. The predicted octanol–water partition coefficient (Wildman–Crippen LogP) is 6.00. The van der Waals surface area contributed by atoms with E-state index < -0.39 is 25.0 Å². The smallest absolute Gasteiger partial charge is 0.263 e. The highest BCUT2D eigenvalue weighted by atomic mass is 35.5. The van der Waals surface area contributed by atoms with Gasteiger partial charge in [0.1, 0.15) is 0 Å². The molecule has 0 fully saturated rings. The maximum atomic E-state index is 15.3. The van der Waals surface area contributed by atoms with Gasteiger partial charge in [-0.15, -0.1) is 5.10 Å². The fraction of sp³-hybridized carbons (Fsp3) is 0.154. The standard InChI is InChI=1S/C26H18ClF5N10/c27-18-2-4-21(39-10-8-34-38-39)23(24(18)28)15-1-3-19(33-12-15)22(11-17-6-9-40(37-17)25(29)30)41-14-16(13-36-41)20-5-7-35-42(20)26(31)32/h1-10,12-14,22,25-26H,11H2/t22-/m1/s1. The first-order valence-corrected chi connectivity index (χ1v) is 12.7. The molecular weight excluding hydrogens is 583 g/mol. The van der Waals surface area contributed by atoms with E-state index in [0.717, 1.165) is 6.20 Å². The van der Waals surface area contributed by atoms with Gasteiger partial charge < -0.3 is 0 Å². The third kappa shape index (κ3) is 5.13. The molecule has 42 heavy (non-hydrogen) atoms. The van der Waals surface area contributed by atoms with Gasteiger partial charge in [0, 0.05) is 47.9 Å². The summed E-state index contributed by atoms with van der Waals surface area (Å²) in [6.45, 7) is -5.69. The highest BCUT2D eigenvalue weighted by molar-refractivity contribution is 6.31. The molecule has 0 unspecified atom stereocenters. The van der Waals surface area contributed by atoms with Crippen molar-refractivity contribution >= 4 is 11.6 Å². The van der Waals surface area contributed by atoms with Gasteiger partial charge in [-0.25, -0.2) is 18.4 Å². The molecule has 1 atom stereocenters. The Bertz CT molecular complexity index is 1810. The van der Waals surface area contributed by atoms with Crippen LogP contribution in [-0.4, -0.2) is 49.3 Å². The lowest BCUT2D eigenvalue weighted by Crippen LogP contribution is -2.16. The summed E-state index contributed by atoms with van der Waals surface area (Å²) in [5.74, 6) is -0.680. The molecular formula is C26H18ClF5N10. The highest BCUT2D eigenvalue weighted by Gasteiger charge is 2.23. The predicted molar refractivity (Wildman–Crippen MR) is 140 cm³/mol. The summed E-state index contributed by atoms with van der Waals surface area (Å²) >= 11 is 6.08. The van der Waals surface area contributed by atoms with Crippen LogP contribution in [0.1, 0.15) is 30.5 Å². The van der Waals surface area contributed by atoms with Crippen LogP contribution < -0.4 is 0 Å². The van der Waals surface area contributed by atoms with Gasteiger partial charge in [-0.1, -0.05) is 22.9 Å². The van der Waals surface area contributed by atoms with Crippen LogP contribution in [0.2, 0.25) is 5.02 Å². The van der Waals surface area contributed by atoms with Crippen molar-refractivity contribution in [2.24, 2.45) is 0 Å². The summed E-state index contributed by atoms with van der Waals surface area (Å²) in [6.07, 6.45) is 9.83. The molecule has 16 heteroatoms. The van der Waals surface area contributed by atoms with Gasteiger partial charge in [0.2, 0.25) is 0 Å². The van der Waals surface area contributed by atoms with E-state index in [1.165, 1.54) is 58.5 Å². The normalized spacial score (nSPS) is 12.5. The lowest BCUT2D eigenvalue weighted by atomic mass is 10.0. The molecule has 1 aromatic carbocycles. The fourth-order valence-corrected chi connectivity index (χ4v) is 4.72. The fourth-order valence-electron chi connectivity index (χ4n) is 4.56. The second-order valence-corrected chi connectivity index (χ2v) is 9.41. The average Bonchev–Trinajstić information content (AvgIpc) is 3.80. The second-order valence-electron chi connectivity index (χ2n) is 9.01. The minimum Gasteiger partial charge on any atom is -0.263 e. The van der Waals surface area contributed by atoms with Gasteiger partial charge in [-0.05, 0) is 30.3 Å². The number of hydrogen-bond acceptors (Lipinski definition) is 6. The Morgan fingerprint density at radius 1 is 0.833 bits per heavy atom. The molecule has 0 spiro atoms. The molecule has 0 aliphatic heterocycles. The Hall–Kier alpha value is -4.92.